The number of aromatic nitrogens is 15. The molecule has 0 spiro atoms. The molecule has 0 aliphatic carbocycles. The molecule has 10 aromatic heterocycles. The van der Waals surface area contributed by atoms with Crippen LogP contribution >= 0.6 is 46.4 Å². The van der Waals surface area contributed by atoms with Gasteiger partial charge in [0.25, 0.3) is 5.56 Å². The molecule has 35 nitrogen and oxygen atoms in total. The number of halogens is 4. The zero-order valence-corrected chi connectivity index (χ0v) is 64.8. The highest BCUT2D eigenvalue weighted by molar-refractivity contribution is 6.35. The molecule has 0 saturated carbocycles. The lowest BCUT2D eigenvalue weighted by atomic mass is 10.1. The summed E-state index contributed by atoms with van der Waals surface area (Å²) in [6.07, 6.45) is 6.66. The van der Waals surface area contributed by atoms with E-state index < -0.39 is 46.8 Å². The molecule has 2 amide bonds. The fourth-order valence-electron chi connectivity index (χ4n) is 8.16. The summed E-state index contributed by atoms with van der Waals surface area (Å²) < 4.78 is 30.6. The van der Waals surface area contributed by atoms with Gasteiger partial charge in [-0.25, -0.2) is 38.8 Å². The van der Waals surface area contributed by atoms with Crippen molar-refractivity contribution in [3.05, 3.63) is 130 Å². The minimum Gasteiger partial charge on any atom is -0.493 e. The van der Waals surface area contributed by atoms with Gasteiger partial charge in [0.15, 0.2) is 51.5 Å². The molecule has 106 heavy (non-hydrogen) atoms. The van der Waals surface area contributed by atoms with Gasteiger partial charge in [-0.1, -0.05) is 46.4 Å². The predicted molar refractivity (Wildman–Crippen MR) is 395 cm³/mol. The highest BCUT2D eigenvalue weighted by atomic mass is 35.5. The maximum Gasteiger partial charge on any atom is 0.425 e. The molecule has 1 unspecified atom stereocenters. The van der Waals surface area contributed by atoms with Gasteiger partial charge in [-0.2, -0.15) is 43.9 Å². The minimum atomic E-state index is -0.974. The van der Waals surface area contributed by atoms with E-state index in [-0.39, 0.29) is 102 Å². The molecule has 0 saturated heterocycles. The number of hydrogen-bond donors (Lipinski definition) is 6. The van der Waals surface area contributed by atoms with Crippen LogP contribution in [0.25, 0.3) is 22.6 Å². The third-order valence-electron chi connectivity index (χ3n) is 13.7. The zero-order chi connectivity index (χ0) is 80.5. The van der Waals surface area contributed by atoms with E-state index in [1.807, 2.05) is 13.8 Å². The lowest BCUT2D eigenvalue weighted by molar-refractivity contribution is -0.150. The third-order valence-corrected chi connectivity index (χ3v) is 15.3. The quantitative estimate of drug-likeness (QED) is 0.0217. The van der Waals surface area contributed by atoms with Crippen molar-refractivity contribution >= 4 is 145 Å². The van der Waals surface area contributed by atoms with Crippen LogP contribution in [0.3, 0.4) is 0 Å². The first-order valence-corrected chi connectivity index (χ1v) is 33.4. The Morgan fingerprint density at radius 3 is 1.48 bits per heavy atom. The van der Waals surface area contributed by atoms with Crippen molar-refractivity contribution in [2.75, 3.05) is 35.3 Å². The average molecular weight is 1550 g/mol. The van der Waals surface area contributed by atoms with Gasteiger partial charge in [0.1, 0.15) is 60.7 Å². The van der Waals surface area contributed by atoms with E-state index >= 15 is 0 Å². The number of carbonyl (C=O) groups is 9. The first-order valence-electron chi connectivity index (χ1n) is 31.8. The molecule has 570 valence electrons. The summed E-state index contributed by atoms with van der Waals surface area (Å²) in [5.41, 5.74) is 19.6. The summed E-state index contributed by atoms with van der Waals surface area (Å²) in [7, 11) is 0. The molecule has 0 fully saturated rings. The van der Waals surface area contributed by atoms with Crippen LogP contribution in [0.5, 0.6) is 11.8 Å². The molecule has 0 bridgehead atoms. The van der Waals surface area contributed by atoms with E-state index in [4.69, 9.17) is 77.8 Å². The highest BCUT2D eigenvalue weighted by Gasteiger charge is 2.37. The SMILES string of the molecule is CC(=O)c1cnn2c(Cl)c(C)c(Cl)nc12.CC(=O)c1cnn2c(N(C(=O)OC(C)(C)C)C(=O)OC(C)(C)C)c(C)c(Cl)nc12.CC(=O)c1cnn2c(N)c(C)c(Cl)nc12.CC(=O)c1cnn2c(O)c(C)c(=O)[nH]c12.CC(C)Oc1ncccc1N.CCOC(=O)C(C)C(C)=O.CCOC(=O)c1cn[nH]c1N. The molecule has 0 aliphatic rings. The first kappa shape index (κ1) is 87.2. The van der Waals surface area contributed by atoms with Crippen molar-refractivity contribution in [3.8, 4) is 11.8 Å². The number of anilines is 4. The van der Waals surface area contributed by atoms with E-state index in [0.29, 0.717) is 79.4 Å². The Morgan fingerprint density at radius 1 is 0.594 bits per heavy atom. The summed E-state index contributed by atoms with van der Waals surface area (Å²) in [6.45, 7) is 33.1. The van der Waals surface area contributed by atoms with Crippen LogP contribution in [-0.2, 0) is 28.5 Å². The van der Waals surface area contributed by atoms with Gasteiger partial charge in [-0.15, -0.1) is 0 Å². The number of carbonyl (C=O) groups excluding carboxylic acids is 9. The van der Waals surface area contributed by atoms with Crippen molar-refractivity contribution in [1.29, 1.82) is 0 Å². The Labute approximate surface area is 626 Å². The van der Waals surface area contributed by atoms with Crippen molar-refractivity contribution in [1.82, 2.24) is 73.6 Å². The van der Waals surface area contributed by atoms with Crippen LogP contribution < -0.4 is 32.4 Å². The van der Waals surface area contributed by atoms with Crippen LogP contribution in [0.15, 0.2) is 54.1 Å². The Balaban J connectivity index is 0.000000271. The lowest BCUT2D eigenvalue weighted by Gasteiger charge is -2.29. The second-order valence-corrected chi connectivity index (χ2v) is 26.2. The number of ether oxygens (including phenoxy) is 5. The summed E-state index contributed by atoms with van der Waals surface area (Å²) in [5.74, 6) is -1.50. The van der Waals surface area contributed by atoms with E-state index in [1.54, 1.807) is 101 Å². The van der Waals surface area contributed by atoms with E-state index in [1.165, 1.54) is 86.1 Å². The van der Waals surface area contributed by atoms with Gasteiger partial charge in [-0.3, -0.25) is 38.7 Å². The van der Waals surface area contributed by atoms with Gasteiger partial charge in [0, 0.05) is 22.9 Å². The molecule has 0 radical (unpaired) electrons. The number of pyridine rings is 1. The number of nitrogen functional groups attached to an aromatic ring is 3. The average Bonchev–Trinajstić information content (AvgIpc) is 1.23. The van der Waals surface area contributed by atoms with E-state index in [0.717, 1.165) is 4.52 Å². The number of hydrogen-bond acceptors (Lipinski definition) is 28. The van der Waals surface area contributed by atoms with Crippen molar-refractivity contribution in [3.63, 3.8) is 0 Å². The summed E-state index contributed by atoms with van der Waals surface area (Å²) >= 11 is 24.0. The fraction of sp³-hybridized carbons (Fsp3) is 0.388. The number of fused-ring (bicyclic) bond motifs is 4. The lowest BCUT2D eigenvalue weighted by Crippen LogP contribution is -2.45. The molecule has 39 heteroatoms. The van der Waals surface area contributed by atoms with Crippen LogP contribution in [-0.4, -0.2) is 162 Å². The number of H-pyrrole nitrogens is 2. The Kier molecular flexibility index (Phi) is 30.9. The van der Waals surface area contributed by atoms with Gasteiger partial charge < -0.3 is 51.0 Å². The van der Waals surface area contributed by atoms with E-state index in [2.05, 4.69) is 65.0 Å². The number of nitrogens with zero attached hydrogens (tertiary/aromatic N) is 14. The Morgan fingerprint density at radius 2 is 1.04 bits per heavy atom. The number of ketones is 5. The number of aromatic amines is 2. The molecule has 10 aromatic rings. The van der Waals surface area contributed by atoms with Crippen molar-refractivity contribution < 1.29 is 71.9 Å². The number of rotatable bonds is 12. The van der Waals surface area contributed by atoms with Crippen LogP contribution in [0, 0.1) is 33.6 Å². The normalized spacial score (nSPS) is 11.1. The highest BCUT2D eigenvalue weighted by Crippen LogP contribution is 2.32. The smallest absolute Gasteiger partial charge is 0.425 e. The first-order chi connectivity index (χ1) is 49.2. The Bertz CT molecular complexity index is 4860. The number of amides is 2. The molecular formula is C67H83Cl4N19O16. The monoisotopic (exact) mass is 1550 g/mol. The van der Waals surface area contributed by atoms with Gasteiger partial charge in [0.05, 0.1) is 83.8 Å². The van der Waals surface area contributed by atoms with E-state index in [9.17, 15) is 53.1 Å². The third kappa shape index (κ3) is 22.7. The second-order valence-electron chi connectivity index (χ2n) is 24.8. The maximum atomic E-state index is 13.0. The van der Waals surface area contributed by atoms with Crippen molar-refractivity contribution in [2.24, 2.45) is 5.92 Å². The number of nitrogens with one attached hydrogen (secondary N) is 2. The predicted octanol–water partition coefficient (Wildman–Crippen LogP) is 11.2. The van der Waals surface area contributed by atoms with Crippen LogP contribution in [0.2, 0.25) is 20.6 Å². The van der Waals surface area contributed by atoms with Gasteiger partial charge in [-0.05, 0) is 151 Å². The number of Topliss-reactive ketones (excluding diaryl/α,β-unsaturated/α-hetero) is 5. The second kappa shape index (κ2) is 37.5. The molecule has 10 rings (SSSR count). The number of aromatic hydroxyl groups is 1. The topological polar surface area (TPSA) is 484 Å². The summed E-state index contributed by atoms with van der Waals surface area (Å²) in [6, 6.07) is 3.55. The summed E-state index contributed by atoms with van der Waals surface area (Å²) in [4.78, 5) is 135. The van der Waals surface area contributed by atoms with Crippen molar-refractivity contribution in [2.45, 2.75) is 156 Å². The Hall–Kier alpha value is -11.2. The van der Waals surface area contributed by atoms with Crippen LogP contribution in [0.4, 0.5) is 32.7 Å². The molecule has 0 aliphatic heterocycles. The maximum absolute atomic E-state index is 13.0. The van der Waals surface area contributed by atoms with Gasteiger partial charge in [0.2, 0.25) is 11.8 Å². The largest absolute Gasteiger partial charge is 0.493 e. The molecule has 1 atom stereocenters. The number of esters is 2. The number of nitrogens with two attached hydrogens (primary N) is 3. The molecule has 10 heterocycles. The van der Waals surface area contributed by atoms with Gasteiger partial charge >= 0.3 is 24.1 Å². The molecule has 9 N–H and O–H groups in total. The zero-order valence-electron chi connectivity index (χ0n) is 61.8. The molecular weight excluding hydrogens is 1470 g/mol. The van der Waals surface area contributed by atoms with Crippen LogP contribution in [0.1, 0.15) is 185 Å². The standard InChI is InChI=1S/C19H25ClN4O5.C9H7Cl2N3O.C9H9ClN4O.C9H9N3O3.C8H12N2O.C7H12O3.C6H9N3O2/c1-10-13(20)22-14-12(11(2)25)9-21-24(14)15(10)23(16(26)28-18(3,4)5)17(27)29-19(6,7)8;2*1-4-7(10)13-9-6(5(2)15)3-12-14(9)8(4)11;1-4-8(14)11-7-6(5(2)13)3-10-12(7)9(4)15;1-6(2)11-8-7(9)4-3-5-10-8;1-4-10-7(9)5(2)6(3)8;1-2-11-6(10)4-3-8-9-5(4)7/h9H,1-8H3;3H,1-2H3;3H,11H2,1-2H3;3,15H,1-2H3,(H,11,14);3-6H,9H2,1-2H3;5H,4H2,1-3H3;3H,2H2,1H3,(H3,7,8,9). The minimum absolute atomic E-state index is 0.00705. The molecule has 0 aromatic carbocycles. The summed E-state index contributed by atoms with van der Waals surface area (Å²) in [5, 5.41) is 32.5. The number of imide groups is 1. The fourth-order valence-corrected chi connectivity index (χ4v) is 8.93.